The number of anilines is 1. The van der Waals surface area contributed by atoms with Gasteiger partial charge in [-0.25, -0.2) is 9.78 Å². The Morgan fingerprint density at radius 3 is 2.81 bits per heavy atom. The van der Waals surface area contributed by atoms with Crippen LogP contribution in [-0.2, 0) is 4.74 Å². The van der Waals surface area contributed by atoms with Crippen LogP contribution in [0.3, 0.4) is 0 Å². The summed E-state index contributed by atoms with van der Waals surface area (Å²) in [5.74, 6) is -0.936. The van der Waals surface area contributed by atoms with Gasteiger partial charge in [-0.3, -0.25) is 0 Å². The summed E-state index contributed by atoms with van der Waals surface area (Å²) in [6.45, 7) is 1.41. The van der Waals surface area contributed by atoms with Crippen LogP contribution >= 0.6 is 11.3 Å². The number of ether oxygens (including phenoxy) is 1. The number of likely N-dealkylation sites (N-methyl/N-ethyl adjacent to an activating group) is 1. The second-order valence-electron chi connectivity index (χ2n) is 4.97. The maximum Gasteiger partial charge on any atom is 0.348 e. The zero-order valence-corrected chi connectivity index (χ0v) is 12.5. The first kappa shape index (κ1) is 14.0. The van der Waals surface area contributed by atoms with Gasteiger partial charge in [-0.2, -0.15) is 0 Å². The number of thiazole rings is 1. The molecule has 0 amide bonds. The normalized spacial score (nSPS) is 17.9. The topological polar surface area (TPSA) is 62.7 Å². The Hall–Kier alpha value is -1.92. The van der Waals surface area contributed by atoms with Crippen LogP contribution in [0, 0.1) is 0 Å². The molecule has 6 heteroatoms. The van der Waals surface area contributed by atoms with Crippen molar-refractivity contribution in [2.45, 2.75) is 12.5 Å². The monoisotopic (exact) mass is 304 g/mol. The third kappa shape index (κ3) is 2.77. The molecule has 1 unspecified atom stereocenters. The molecule has 0 saturated carbocycles. The molecule has 1 aromatic heterocycles. The molecule has 1 aliphatic rings. The van der Waals surface area contributed by atoms with Crippen LogP contribution in [0.5, 0.6) is 0 Å². The van der Waals surface area contributed by atoms with Gasteiger partial charge in [0.05, 0.1) is 18.3 Å². The van der Waals surface area contributed by atoms with Gasteiger partial charge in [-0.15, -0.1) is 0 Å². The quantitative estimate of drug-likeness (QED) is 0.941. The van der Waals surface area contributed by atoms with Crippen molar-refractivity contribution in [2.24, 2.45) is 0 Å². The molecule has 2 aromatic rings. The van der Waals surface area contributed by atoms with E-state index in [2.05, 4.69) is 4.98 Å². The van der Waals surface area contributed by atoms with Gasteiger partial charge in [0.1, 0.15) is 4.88 Å². The van der Waals surface area contributed by atoms with Crippen molar-refractivity contribution in [1.82, 2.24) is 4.98 Å². The molecule has 5 nitrogen and oxygen atoms in total. The third-order valence-electron chi connectivity index (χ3n) is 3.61. The predicted octanol–water partition coefficient (Wildman–Crippen LogP) is 2.73. The molecular formula is C15H16N2O3S. The standard InChI is InChI=1S/C15H16N2O3S/c1-17(11-7-8-20-9-11)15-16-12(13(21-15)14(18)19)10-5-3-2-4-6-10/h2-6,11H,7-9H2,1H3,(H,18,19). The molecular weight excluding hydrogens is 288 g/mol. The molecule has 1 aliphatic heterocycles. The van der Waals surface area contributed by atoms with Crippen molar-refractivity contribution in [1.29, 1.82) is 0 Å². The number of rotatable bonds is 4. The lowest BCUT2D eigenvalue weighted by atomic mass is 10.1. The molecule has 1 fully saturated rings. The summed E-state index contributed by atoms with van der Waals surface area (Å²) in [4.78, 5) is 18.3. The molecule has 2 heterocycles. The fourth-order valence-electron chi connectivity index (χ4n) is 2.38. The van der Waals surface area contributed by atoms with E-state index < -0.39 is 5.97 Å². The highest BCUT2D eigenvalue weighted by Gasteiger charge is 2.26. The van der Waals surface area contributed by atoms with E-state index in [0.717, 1.165) is 23.7 Å². The zero-order valence-electron chi connectivity index (χ0n) is 11.7. The van der Waals surface area contributed by atoms with Gasteiger partial charge >= 0.3 is 5.97 Å². The number of carboxylic acids is 1. The van der Waals surface area contributed by atoms with Crippen LogP contribution in [-0.4, -0.2) is 42.4 Å². The summed E-state index contributed by atoms with van der Waals surface area (Å²) in [6.07, 6.45) is 0.944. The van der Waals surface area contributed by atoms with E-state index in [0.29, 0.717) is 12.3 Å². The average Bonchev–Trinajstić information content (AvgIpc) is 3.17. The Bertz CT molecular complexity index is 636. The summed E-state index contributed by atoms with van der Waals surface area (Å²) < 4.78 is 5.39. The van der Waals surface area contributed by atoms with E-state index in [1.165, 1.54) is 11.3 Å². The van der Waals surface area contributed by atoms with E-state index in [4.69, 9.17) is 4.74 Å². The number of benzene rings is 1. The summed E-state index contributed by atoms with van der Waals surface area (Å²) in [6, 6.07) is 9.69. The first-order chi connectivity index (χ1) is 10.2. The summed E-state index contributed by atoms with van der Waals surface area (Å²) in [7, 11) is 1.94. The maximum atomic E-state index is 11.5. The van der Waals surface area contributed by atoms with Gasteiger partial charge in [-0.1, -0.05) is 41.7 Å². The van der Waals surface area contributed by atoms with E-state index >= 15 is 0 Å². The fraction of sp³-hybridized carbons (Fsp3) is 0.333. The highest BCUT2D eigenvalue weighted by molar-refractivity contribution is 7.17. The van der Waals surface area contributed by atoms with Crippen molar-refractivity contribution < 1.29 is 14.6 Å². The average molecular weight is 304 g/mol. The largest absolute Gasteiger partial charge is 0.477 e. The molecule has 0 aliphatic carbocycles. The predicted molar refractivity (Wildman–Crippen MR) is 82.1 cm³/mol. The van der Waals surface area contributed by atoms with Gasteiger partial charge in [0.15, 0.2) is 5.13 Å². The van der Waals surface area contributed by atoms with Gasteiger partial charge in [0, 0.05) is 19.2 Å². The lowest BCUT2D eigenvalue weighted by Crippen LogP contribution is -2.31. The number of carbonyl (C=O) groups is 1. The Morgan fingerprint density at radius 2 is 2.19 bits per heavy atom. The number of carboxylic acid groups (broad SMARTS) is 1. The zero-order chi connectivity index (χ0) is 14.8. The van der Waals surface area contributed by atoms with E-state index in [1.807, 2.05) is 42.3 Å². The lowest BCUT2D eigenvalue weighted by Gasteiger charge is -2.21. The van der Waals surface area contributed by atoms with Crippen LogP contribution in [0.25, 0.3) is 11.3 Å². The van der Waals surface area contributed by atoms with Gasteiger partial charge in [0.2, 0.25) is 0 Å². The van der Waals surface area contributed by atoms with Crippen LogP contribution in [0.15, 0.2) is 30.3 Å². The van der Waals surface area contributed by atoms with Crippen molar-refractivity contribution >= 4 is 22.4 Å². The Balaban J connectivity index is 1.98. The smallest absolute Gasteiger partial charge is 0.348 e. The third-order valence-corrected chi connectivity index (χ3v) is 4.75. The molecule has 110 valence electrons. The minimum absolute atomic E-state index is 0.265. The molecule has 1 N–H and O–H groups in total. The van der Waals surface area contributed by atoms with Crippen LogP contribution < -0.4 is 4.90 Å². The van der Waals surface area contributed by atoms with E-state index in [1.54, 1.807) is 0 Å². The highest BCUT2D eigenvalue weighted by atomic mass is 32.1. The first-order valence-corrected chi connectivity index (χ1v) is 7.58. The number of nitrogens with zero attached hydrogens (tertiary/aromatic N) is 2. The summed E-state index contributed by atoms with van der Waals surface area (Å²) in [5, 5.41) is 10.1. The lowest BCUT2D eigenvalue weighted by molar-refractivity contribution is 0.0702. The minimum atomic E-state index is -0.936. The maximum absolute atomic E-state index is 11.5. The van der Waals surface area contributed by atoms with Crippen LogP contribution in [0.2, 0.25) is 0 Å². The molecule has 1 aromatic carbocycles. The van der Waals surface area contributed by atoms with Gasteiger partial charge in [0.25, 0.3) is 0 Å². The first-order valence-electron chi connectivity index (χ1n) is 6.77. The highest BCUT2D eigenvalue weighted by Crippen LogP contribution is 2.34. The van der Waals surface area contributed by atoms with Gasteiger partial charge in [-0.05, 0) is 6.42 Å². The van der Waals surface area contributed by atoms with Gasteiger partial charge < -0.3 is 14.7 Å². The Morgan fingerprint density at radius 1 is 1.43 bits per heavy atom. The van der Waals surface area contributed by atoms with Crippen LogP contribution in [0.4, 0.5) is 5.13 Å². The van der Waals surface area contributed by atoms with Crippen molar-refractivity contribution in [3.63, 3.8) is 0 Å². The number of hydrogen-bond acceptors (Lipinski definition) is 5. The molecule has 21 heavy (non-hydrogen) atoms. The number of hydrogen-bond donors (Lipinski definition) is 1. The van der Waals surface area contributed by atoms with Crippen molar-refractivity contribution in [2.75, 3.05) is 25.2 Å². The second kappa shape index (κ2) is 5.83. The SMILES string of the molecule is CN(c1nc(-c2ccccc2)c(C(=O)O)s1)C1CCOC1. The van der Waals surface area contributed by atoms with E-state index in [-0.39, 0.29) is 10.9 Å². The molecule has 3 rings (SSSR count). The number of aromatic nitrogens is 1. The summed E-state index contributed by atoms with van der Waals surface area (Å²) in [5.41, 5.74) is 1.36. The molecule has 0 spiro atoms. The molecule has 0 radical (unpaired) electrons. The molecule has 0 bridgehead atoms. The fourth-order valence-corrected chi connectivity index (χ4v) is 3.34. The Labute approximate surface area is 126 Å². The van der Waals surface area contributed by atoms with Crippen molar-refractivity contribution in [3.8, 4) is 11.3 Å². The molecule has 1 atom stereocenters. The molecule has 1 saturated heterocycles. The van der Waals surface area contributed by atoms with Crippen LogP contribution in [0.1, 0.15) is 16.1 Å². The minimum Gasteiger partial charge on any atom is -0.477 e. The number of aromatic carboxylic acids is 1. The van der Waals surface area contributed by atoms with E-state index in [9.17, 15) is 9.90 Å². The Kier molecular flexibility index (Phi) is 3.90. The summed E-state index contributed by atoms with van der Waals surface area (Å²) >= 11 is 1.22. The van der Waals surface area contributed by atoms with Crippen molar-refractivity contribution in [3.05, 3.63) is 35.2 Å². The second-order valence-corrected chi connectivity index (χ2v) is 5.95.